The molecule has 2 aromatic rings. The van der Waals surface area contributed by atoms with Crippen LogP contribution in [0.2, 0.25) is 0 Å². The van der Waals surface area contributed by atoms with Gasteiger partial charge in [-0.2, -0.15) is 4.99 Å². The number of carbonyl (C=O) groups excluding carboxylic acids is 1. The van der Waals surface area contributed by atoms with Gasteiger partial charge in [-0.25, -0.2) is 0 Å². The van der Waals surface area contributed by atoms with Crippen LogP contribution in [-0.2, 0) is 4.74 Å². The standard InChI is InChI=1S/C17H17NO2/c1-13(2)20-17(15-11-7-4-8-12-15)18-16(19)14-9-5-3-6-10-14/h3-13H,1-2H3. The second kappa shape index (κ2) is 6.66. The lowest BCUT2D eigenvalue weighted by molar-refractivity contribution is 0.0997. The molecular formula is C17H17NO2. The first-order valence-electron chi connectivity index (χ1n) is 6.57. The first-order valence-corrected chi connectivity index (χ1v) is 6.57. The minimum Gasteiger partial charge on any atom is -0.474 e. The molecule has 0 saturated carbocycles. The molecular weight excluding hydrogens is 250 g/mol. The summed E-state index contributed by atoms with van der Waals surface area (Å²) in [5.74, 6) is 0.0551. The minimum atomic E-state index is -0.301. The first-order chi connectivity index (χ1) is 9.66. The van der Waals surface area contributed by atoms with Gasteiger partial charge in [-0.3, -0.25) is 4.79 Å². The number of carbonyl (C=O) groups is 1. The van der Waals surface area contributed by atoms with E-state index in [0.717, 1.165) is 5.56 Å². The highest BCUT2D eigenvalue weighted by molar-refractivity contribution is 6.07. The van der Waals surface area contributed by atoms with E-state index >= 15 is 0 Å². The molecule has 0 atom stereocenters. The molecule has 20 heavy (non-hydrogen) atoms. The maximum atomic E-state index is 12.1. The van der Waals surface area contributed by atoms with Crippen LogP contribution >= 0.6 is 0 Å². The maximum absolute atomic E-state index is 12.1. The normalized spacial score (nSPS) is 11.4. The van der Waals surface area contributed by atoms with E-state index in [1.54, 1.807) is 12.1 Å². The van der Waals surface area contributed by atoms with Gasteiger partial charge in [-0.1, -0.05) is 36.4 Å². The van der Waals surface area contributed by atoms with Gasteiger partial charge in [-0.05, 0) is 38.1 Å². The predicted octanol–water partition coefficient (Wildman–Crippen LogP) is 3.70. The summed E-state index contributed by atoms with van der Waals surface area (Å²) in [6.07, 6.45) is -0.0440. The molecule has 0 radical (unpaired) electrons. The number of hydrogen-bond donors (Lipinski definition) is 0. The topological polar surface area (TPSA) is 38.7 Å². The fourth-order valence-electron chi connectivity index (χ4n) is 1.70. The molecule has 0 heterocycles. The van der Waals surface area contributed by atoms with Gasteiger partial charge >= 0.3 is 0 Å². The zero-order valence-corrected chi connectivity index (χ0v) is 11.6. The Kier molecular flexibility index (Phi) is 4.66. The molecule has 0 aliphatic heterocycles. The van der Waals surface area contributed by atoms with E-state index in [2.05, 4.69) is 4.99 Å². The van der Waals surface area contributed by atoms with Crippen molar-refractivity contribution in [3.63, 3.8) is 0 Å². The molecule has 0 N–H and O–H groups in total. The Bertz CT molecular complexity index is 589. The van der Waals surface area contributed by atoms with Crippen molar-refractivity contribution in [3.8, 4) is 0 Å². The summed E-state index contributed by atoms with van der Waals surface area (Å²) in [6, 6.07) is 18.4. The van der Waals surface area contributed by atoms with Crippen LogP contribution < -0.4 is 0 Å². The quantitative estimate of drug-likeness (QED) is 0.628. The van der Waals surface area contributed by atoms with Gasteiger partial charge in [0.1, 0.15) is 0 Å². The predicted molar refractivity (Wildman–Crippen MR) is 80.0 cm³/mol. The van der Waals surface area contributed by atoms with Crippen LogP contribution in [0.5, 0.6) is 0 Å². The minimum absolute atomic E-state index is 0.0440. The fourth-order valence-corrected chi connectivity index (χ4v) is 1.70. The van der Waals surface area contributed by atoms with E-state index in [1.807, 2.05) is 62.4 Å². The van der Waals surface area contributed by atoms with Crippen molar-refractivity contribution in [1.82, 2.24) is 0 Å². The second-order valence-electron chi connectivity index (χ2n) is 4.62. The summed E-state index contributed by atoms with van der Waals surface area (Å²) >= 11 is 0. The van der Waals surface area contributed by atoms with Crippen LogP contribution in [0.25, 0.3) is 0 Å². The highest BCUT2D eigenvalue weighted by Crippen LogP contribution is 2.08. The zero-order valence-electron chi connectivity index (χ0n) is 11.6. The number of benzene rings is 2. The molecule has 0 bridgehead atoms. The molecule has 102 valence electrons. The molecule has 3 heteroatoms. The number of rotatable bonds is 3. The Balaban J connectivity index is 2.32. The van der Waals surface area contributed by atoms with E-state index in [9.17, 15) is 4.79 Å². The smallest absolute Gasteiger partial charge is 0.280 e. The van der Waals surface area contributed by atoms with Gasteiger partial charge in [-0.15, -0.1) is 0 Å². The van der Waals surface area contributed by atoms with Crippen molar-refractivity contribution in [2.45, 2.75) is 20.0 Å². The molecule has 0 spiro atoms. The van der Waals surface area contributed by atoms with Gasteiger partial charge in [0, 0.05) is 11.1 Å². The first kappa shape index (κ1) is 14.0. The second-order valence-corrected chi connectivity index (χ2v) is 4.62. The molecule has 3 nitrogen and oxygen atoms in total. The monoisotopic (exact) mass is 267 g/mol. The fraction of sp³-hybridized carbons (Fsp3) is 0.176. The van der Waals surface area contributed by atoms with Crippen LogP contribution in [0.15, 0.2) is 65.7 Å². The van der Waals surface area contributed by atoms with Crippen molar-refractivity contribution < 1.29 is 9.53 Å². The summed E-state index contributed by atoms with van der Waals surface area (Å²) in [4.78, 5) is 16.3. The molecule has 0 aliphatic carbocycles. The van der Waals surface area contributed by atoms with Crippen LogP contribution in [0.4, 0.5) is 0 Å². The maximum Gasteiger partial charge on any atom is 0.280 e. The third-order valence-corrected chi connectivity index (χ3v) is 2.59. The van der Waals surface area contributed by atoms with Crippen molar-refractivity contribution in [2.75, 3.05) is 0 Å². The molecule has 0 saturated heterocycles. The Hall–Kier alpha value is -2.42. The van der Waals surface area contributed by atoms with Crippen LogP contribution in [0, 0.1) is 0 Å². The molecule has 0 fully saturated rings. The van der Waals surface area contributed by atoms with Crippen molar-refractivity contribution in [1.29, 1.82) is 0 Å². The number of aliphatic imine (C=N–C) groups is 1. The largest absolute Gasteiger partial charge is 0.474 e. The van der Waals surface area contributed by atoms with E-state index in [1.165, 1.54) is 0 Å². The van der Waals surface area contributed by atoms with Gasteiger partial charge in [0.05, 0.1) is 6.10 Å². The van der Waals surface area contributed by atoms with Crippen molar-refractivity contribution in [3.05, 3.63) is 71.8 Å². The van der Waals surface area contributed by atoms with Crippen LogP contribution in [-0.4, -0.2) is 17.9 Å². The molecule has 0 aromatic heterocycles. The molecule has 2 aromatic carbocycles. The number of ether oxygens (including phenoxy) is 1. The van der Waals surface area contributed by atoms with Gasteiger partial charge in [0.2, 0.25) is 5.90 Å². The average molecular weight is 267 g/mol. The lowest BCUT2D eigenvalue weighted by Gasteiger charge is -2.12. The third-order valence-electron chi connectivity index (χ3n) is 2.59. The molecule has 0 aliphatic rings. The molecule has 2 rings (SSSR count). The van der Waals surface area contributed by atoms with E-state index in [-0.39, 0.29) is 12.0 Å². The molecule has 0 unspecified atom stereocenters. The van der Waals surface area contributed by atoms with Crippen LogP contribution in [0.1, 0.15) is 29.8 Å². The van der Waals surface area contributed by atoms with Crippen LogP contribution in [0.3, 0.4) is 0 Å². The van der Waals surface area contributed by atoms with Gasteiger partial charge < -0.3 is 4.74 Å². The van der Waals surface area contributed by atoms with E-state index < -0.39 is 0 Å². The average Bonchev–Trinajstić information content (AvgIpc) is 2.48. The SMILES string of the molecule is CC(C)OC(=NC(=O)c1ccccc1)c1ccccc1. The highest BCUT2D eigenvalue weighted by atomic mass is 16.5. The summed E-state index contributed by atoms with van der Waals surface area (Å²) in [7, 11) is 0. The summed E-state index contributed by atoms with van der Waals surface area (Å²) < 4.78 is 5.66. The van der Waals surface area contributed by atoms with E-state index in [4.69, 9.17) is 4.74 Å². The Morgan fingerprint density at radius 3 is 1.90 bits per heavy atom. The third kappa shape index (κ3) is 3.79. The summed E-state index contributed by atoms with van der Waals surface area (Å²) in [6.45, 7) is 3.82. The number of nitrogens with zero attached hydrogens (tertiary/aromatic N) is 1. The summed E-state index contributed by atoms with van der Waals surface area (Å²) in [5.41, 5.74) is 1.35. The molecule has 1 amide bonds. The Labute approximate surface area is 118 Å². The Morgan fingerprint density at radius 1 is 0.900 bits per heavy atom. The Morgan fingerprint density at radius 2 is 1.40 bits per heavy atom. The highest BCUT2D eigenvalue weighted by Gasteiger charge is 2.11. The number of amides is 1. The number of hydrogen-bond acceptors (Lipinski definition) is 2. The van der Waals surface area contributed by atoms with E-state index in [0.29, 0.717) is 11.5 Å². The van der Waals surface area contributed by atoms with Crippen molar-refractivity contribution in [2.24, 2.45) is 4.99 Å². The van der Waals surface area contributed by atoms with Gasteiger partial charge in [0.25, 0.3) is 5.91 Å². The lowest BCUT2D eigenvalue weighted by Crippen LogP contribution is -2.15. The summed E-state index contributed by atoms with van der Waals surface area (Å²) in [5, 5.41) is 0. The van der Waals surface area contributed by atoms with Gasteiger partial charge in [0.15, 0.2) is 0 Å². The zero-order chi connectivity index (χ0) is 14.4. The van der Waals surface area contributed by atoms with Crippen molar-refractivity contribution >= 4 is 11.8 Å². The lowest BCUT2D eigenvalue weighted by atomic mass is 10.2.